The van der Waals surface area contributed by atoms with Gasteiger partial charge in [0, 0.05) is 19.3 Å². The lowest BCUT2D eigenvalue weighted by atomic mass is 10.2. The first kappa shape index (κ1) is 21.1. The van der Waals surface area contributed by atoms with Gasteiger partial charge in [0.2, 0.25) is 0 Å². The van der Waals surface area contributed by atoms with Crippen LogP contribution in [0.4, 0.5) is 0 Å². The number of nitrogens with zero attached hydrogens (tertiary/aromatic N) is 1. The van der Waals surface area contributed by atoms with Crippen LogP contribution in [-0.4, -0.2) is 29.6 Å². The first-order valence-electron chi connectivity index (χ1n) is 9.34. The number of benzene rings is 1. The van der Waals surface area contributed by atoms with Gasteiger partial charge in [0.25, 0.3) is 11.8 Å². The van der Waals surface area contributed by atoms with Gasteiger partial charge in [-0.3, -0.25) is 20.4 Å². The standard InChI is InChI=1S/C21H27N3O4/c1-4-6-14-28-18-11-9-16(15-19(18)27-5-2)10-12-20(25)22-23-21(26)17-8-7-13-24(17)3/h7-13,15H,4-6,14H2,1-3H3,(H,22,25)(H,23,26)/b12-10+. The molecule has 0 atom stereocenters. The third-order valence-electron chi connectivity index (χ3n) is 3.93. The summed E-state index contributed by atoms with van der Waals surface area (Å²) in [5.74, 6) is 0.496. The summed E-state index contributed by atoms with van der Waals surface area (Å²) >= 11 is 0. The molecule has 2 rings (SSSR count). The van der Waals surface area contributed by atoms with Crippen LogP contribution in [-0.2, 0) is 11.8 Å². The van der Waals surface area contributed by atoms with Crippen LogP contribution in [0.2, 0.25) is 0 Å². The highest BCUT2D eigenvalue weighted by molar-refractivity contribution is 5.97. The fourth-order valence-electron chi connectivity index (χ4n) is 2.44. The van der Waals surface area contributed by atoms with E-state index >= 15 is 0 Å². The Hall–Kier alpha value is -3.22. The molecule has 7 nitrogen and oxygen atoms in total. The fraction of sp³-hybridized carbons (Fsp3) is 0.333. The summed E-state index contributed by atoms with van der Waals surface area (Å²) in [6, 6.07) is 8.90. The van der Waals surface area contributed by atoms with Crippen molar-refractivity contribution in [3.63, 3.8) is 0 Å². The molecule has 2 amide bonds. The van der Waals surface area contributed by atoms with E-state index in [-0.39, 0.29) is 5.91 Å². The first-order chi connectivity index (χ1) is 13.5. The van der Waals surface area contributed by atoms with Gasteiger partial charge in [-0.2, -0.15) is 0 Å². The van der Waals surface area contributed by atoms with Crippen molar-refractivity contribution >= 4 is 17.9 Å². The Morgan fingerprint density at radius 3 is 2.61 bits per heavy atom. The summed E-state index contributed by atoms with van der Waals surface area (Å²) in [5.41, 5.74) is 5.97. The number of unbranched alkanes of at least 4 members (excludes halogenated alkanes) is 1. The van der Waals surface area contributed by atoms with E-state index in [1.165, 1.54) is 6.08 Å². The number of hydrogen-bond acceptors (Lipinski definition) is 4. The number of hydrazine groups is 1. The molecule has 0 saturated heterocycles. The van der Waals surface area contributed by atoms with E-state index < -0.39 is 5.91 Å². The number of carbonyl (C=O) groups is 2. The molecule has 2 aromatic rings. The maximum atomic E-state index is 12.0. The molecule has 0 aliphatic heterocycles. The van der Waals surface area contributed by atoms with Gasteiger partial charge >= 0.3 is 0 Å². The van der Waals surface area contributed by atoms with E-state index in [9.17, 15) is 9.59 Å². The minimum absolute atomic E-state index is 0.388. The number of nitrogens with one attached hydrogen (secondary N) is 2. The Balaban J connectivity index is 1.94. The monoisotopic (exact) mass is 385 g/mol. The van der Waals surface area contributed by atoms with Crippen molar-refractivity contribution in [1.82, 2.24) is 15.4 Å². The van der Waals surface area contributed by atoms with E-state index in [4.69, 9.17) is 9.47 Å². The van der Waals surface area contributed by atoms with Crippen LogP contribution in [0.15, 0.2) is 42.6 Å². The van der Waals surface area contributed by atoms with Gasteiger partial charge < -0.3 is 14.0 Å². The predicted molar refractivity (Wildman–Crippen MR) is 108 cm³/mol. The molecule has 0 spiro atoms. The lowest BCUT2D eigenvalue weighted by Gasteiger charge is -2.12. The molecule has 28 heavy (non-hydrogen) atoms. The zero-order valence-corrected chi connectivity index (χ0v) is 16.5. The molecule has 0 radical (unpaired) electrons. The zero-order valence-electron chi connectivity index (χ0n) is 16.5. The lowest BCUT2D eigenvalue weighted by molar-refractivity contribution is -0.117. The fourth-order valence-corrected chi connectivity index (χ4v) is 2.44. The highest BCUT2D eigenvalue weighted by atomic mass is 16.5. The number of rotatable bonds is 9. The molecule has 1 heterocycles. The number of hydrogen-bond donors (Lipinski definition) is 2. The van der Waals surface area contributed by atoms with Crippen molar-refractivity contribution in [2.75, 3.05) is 13.2 Å². The van der Waals surface area contributed by atoms with Crippen molar-refractivity contribution in [1.29, 1.82) is 0 Å². The quantitative estimate of drug-likeness (QED) is 0.395. The van der Waals surface area contributed by atoms with Gasteiger partial charge in [-0.15, -0.1) is 0 Å². The van der Waals surface area contributed by atoms with Crippen LogP contribution in [0.25, 0.3) is 6.08 Å². The minimum Gasteiger partial charge on any atom is -0.490 e. The molecule has 2 N–H and O–H groups in total. The lowest BCUT2D eigenvalue weighted by Crippen LogP contribution is -2.41. The number of ether oxygens (including phenoxy) is 2. The third kappa shape index (κ3) is 6.19. The Bertz CT molecular complexity index is 827. The first-order valence-corrected chi connectivity index (χ1v) is 9.34. The number of aryl methyl sites for hydroxylation is 1. The maximum Gasteiger partial charge on any atom is 0.286 e. The van der Waals surface area contributed by atoms with E-state index in [2.05, 4.69) is 17.8 Å². The molecule has 0 aliphatic carbocycles. The largest absolute Gasteiger partial charge is 0.490 e. The van der Waals surface area contributed by atoms with Crippen molar-refractivity contribution < 1.29 is 19.1 Å². The van der Waals surface area contributed by atoms with Gasteiger partial charge in [-0.05, 0) is 49.2 Å². The Kier molecular flexibility index (Phi) is 8.14. The molecule has 0 saturated carbocycles. The molecule has 1 aromatic carbocycles. The summed E-state index contributed by atoms with van der Waals surface area (Å²) in [5, 5.41) is 0. The molecular formula is C21H27N3O4. The Labute approximate surface area is 165 Å². The van der Waals surface area contributed by atoms with Crippen LogP contribution in [0.1, 0.15) is 42.7 Å². The molecule has 150 valence electrons. The maximum absolute atomic E-state index is 12.0. The minimum atomic E-state index is -0.441. The SMILES string of the molecule is CCCCOc1ccc(/C=C/C(=O)NNC(=O)c2cccn2C)cc1OCC. The third-order valence-corrected chi connectivity index (χ3v) is 3.93. The molecule has 0 bridgehead atoms. The van der Waals surface area contributed by atoms with Gasteiger partial charge in [-0.25, -0.2) is 0 Å². The highest BCUT2D eigenvalue weighted by Gasteiger charge is 2.09. The Morgan fingerprint density at radius 2 is 1.93 bits per heavy atom. The summed E-state index contributed by atoms with van der Waals surface area (Å²) in [6.45, 7) is 5.16. The van der Waals surface area contributed by atoms with Crippen molar-refractivity contribution in [2.24, 2.45) is 7.05 Å². The van der Waals surface area contributed by atoms with Gasteiger partial charge in [0.15, 0.2) is 11.5 Å². The molecular weight excluding hydrogens is 358 g/mol. The van der Waals surface area contributed by atoms with E-state index in [1.54, 1.807) is 36.0 Å². The second-order valence-corrected chi connectivity index (χ2v) is 6.12. The van der Waals surface area contributed by atoms with Gasteiger partial charge in [0.05, 0.1) is 13.2 Å². The summed E-state index contributed by atoms with van der Waals surface area (Å²) in [7, 11) is 1.75. The predicted octanol–water partition coefficient (Wildman–Crippen LogP) is 3.08. The average Bonchev–Trinajstić information content (AvgIpc) is 3.12. The van der Waals surface area contributed by atoms with Crippen molar-refractivity contribution in [3.8, 4) is 11.5 Å². The zero-order chi connectivity index (χ0) is 20.4. The van der Waals surface area contributed by atoms with Crippen LogP contribution >= 0.6 is 0 Å². The van der Waals surface area contributed by atoms with Crippen LogP contribution in [0.5, 0.6) is 11.5 Å². The molecule has 0 unspecified atom stereocenters. The van der Waals surface area contributed by atoms with E-state index in [1.807, 2.05) is 25.1 Å². The number of aromatic nitrogens is 1. The topological polar surface area (TPSA) is 81.6 Å². The van der Waals surface area contributed by atoms with Crippen molar-refractivity contribution in [3.05, 3.63) is 53.9 Å². The number of amides is 2. The smallest absolute Gasteiger partial charge is 0.286 e. The molecule has 0 fully saturated rings. The van der Waals surface area contributed by atoms with Gasteiger partial charge in [0.1, 0.15) is 5.69 Å². The van der Waals surface area contributed by atoms with E-state index in [0.29, 0.717) is 30.4 Å². The highest BCUT2D eigenvalue weighted by Crippen LogP contribution is 2.29. The number of carbonyl (C=O) groups excluding carboxylic acids is 2. The summed E-state index contributed by atoms with van der Waals surface area (Å²) < 4.78 is 13.0. The van der Waals surface area contributed by atoms with Crippen LogP contribution < -0.4 is 20.3 Å². The molecule has 1 aromatic heterocycles. The normalized spacial score (nSPS) is 10.7. The van der Waals surface area contributed by atoms with Crippen molar-refractivity contribution in [2.45, 2.75) is 26.7 Å². The molecule has 0 aliphatic rings. The average molecular weight is 385 g/mol. The second kappa shape index (κ2) is 10.8. The summed E-state index contributed by atoms with van der Waals surface area (Å²) in [6.07, 6.45) is 6.76. The summed E-state index contributed by atoms with van der Waals surface area (Å²) in [4.78, 5) is 23.9. The second-order valence-electron chi connectivity index (χ2n) is 6.12. The van der Waals surface area contributed by atoms with E-state index in [0.717, 1.165) is 18.4 Å². The van der Waals surface area contributed by atoms with Gasteiger partial charge in [-0.1, -0.05) is 19.4 Å². The van der Waals surface area contributed by atoms with Crippen LogP contribution in [0.3, 0.4) is 0 Å². The van der Waals surface area contributed by atoms with Crippen LogP contribution in [0, 0.1) is 0 Å². The Morgan fingerprint density at radius 1 is 1.11 bits per heavy atom. The molecule has 7 heteroatoms.